The summed E-state index contributed by atoms with van der Waals surface area (Å²) in [5.41, 5.74) is 4.67. The molecule has 0 radical (unpaired) electrons. The Hall–Kier alpha value is -6.13. The van der Waals surface area contributed by atoms with Crippen LogP contribution in [0.1, 0.15) is 66.5 Å². The van der Waals surface area contributed by atoms with Crippen molar-refractivity contribution in [3.05, 3.63) is 95.8 Å². The first-order chi connectivity index (χ1) is 29.7. The van der Waals surface area contributed by atoms with Crippen LogP contribution in [0.2, 0.25) is 5.15 Å². The highest BCUT2D eigenvalue weighted by atomic mass is 35.5. The lowest BCUT2D eigenvalue weighted by molar-refractivity contribution is -0.135. The summed E-state index contributed by atoms with van der Waals surface area (Å²) in [7, 11) is 0. The van der Waals surface area contributed by atoms with Gasteiger partial charge in [0.15, 0.2) is 23.6 Å². The number of hydrogen-bond acceptors (Lipinski definition) is 12. The second kappa shape index (κ2) is 17.8. The number of pyridine rings is 1. The van der Waals surface area contributed by atoms with E-state index in [1.807, 2.05) is 17.0 Å². The second-order valence-corrected chi connectivity index (χ2v) is 16.7. The van der Waals surface area contributed by atoms with Crippen LogP contribution in [0.3, 0.4) is 0 Å². The van der Waals surface area contributed by atoms with Crippen LogP contribution in [0, 0.1) is 5.92 Å². The number of fused-ring (bicyclic) bond motifs is 1. The molecule has 3 aromatic heterocycles. The lowest BCUT2D eigenvalue weighted by Crippen LogP contribution is -2.49. The Labute approximate surface area is 358 Å². The fourth-order valence-corrected chi connectivity index (χ4v) is 8.96. The maximum Gasteiger partial charge on any atom is 0.270 e. The fraction of sp³-hybridized carbons (Fsp3) is 0.409. The summed E-state index contributed by atoms with van der Waals surface area (Å²) < 4.78 is 7.86. The minimum atomic E-state index is -0.345. The van der Waals surface area contributed by atoms with Gasteiger partial charge < -0.3 is 29.7 Å². The number of aromatic nitrogens is 5. The Balaban J connectivity index is 0.689. The molecule has 0 unspecified atom stereocenters. The van der Waals surface area contributed by atoms with Crippen LogP contribution in [-0.2, 0) is 14.4 Å². The lowest BCUT2D eigenvalue weighted by Gasteiger charge is -2.39. The molecule has 6 heterocycles. The van der Waals surface area contributed by atoms with Crippen molar-refractivity contribution in [2.24, 2.45) is 5.92 Å². The summed E-state index contributed by atoms with van der Waals surface area (Å²) in [5.74, 6) is 0.682. The summed E-state index contributed by atoms with van der Waals surface area (Å²) in [6.07, 6.45) is 7.65. The fourth-order valence-electron chi connectivity index (χ4n) is 8.79. The van der Waals surface area contributed by atoms with Gasteiger partial charge in [0.25, 0.3) is 11.8 Å². The summed E-state index contributed by atoms with van der Waals surface area (Å²) in [6.45, 7) is 6.36. The van der Waals surface area contributed by atoms with Gasteiger partial charge in [-0.25, -0.2) is 19.9 Å². The number of imide groups is 1. The average molecular weight is 846 g/mol. The van der Waals surface area contributed by atoms with E-state index in [9.17, 15) is 19.2 Å². The van der Waals surface area contributed by atoms with E-state index < -0.39 is 0 Å². The number of anilines is 3. The summed E-state index contributed by atoms with van der Waals surface area (Å²) in [4.78, 5) is 73.9. The third kappa shape index (κ3) is 9.30. The molecule has 61 heavy (non-hydrogen) atoms. The molecule has 0 bridgehead atoms. The van der Waals surface area contributed by atoms with E-state index in [0.29, 0.717) is 41.5 Å². The minimum Gasteiger partial charge on any atom is -0.484 e. The normalized spacial score (nSPS) is 21.2. The topological polar surface area (TPSA) is 180 Å². The molecule has 17 heteroatoms. The first-order valence-corrected chi connectivity index (χ1v) is 21.4. The average Bonchev–Trinajstić information content (AvgIpc) is 3.69. The van der Waals surface area contributed by atoms with Crippen molar-refractivity contribution in [3.8, 4) is 5.75 Å². The molecule has 16 nitrogen and oxygen atoms in total. The SMILES string of the molecule is O=C1CC[C@@H](c2ccc(OCC(=O)N3CCC(CN4CCN(c5ccc(Nc6ncnc7c6ncn7C6CC(NC(=O)c7cccc(Cl)n7)C6)cc5)CC4)CC3)cc2)C(=O)N1. The predicted molar refractivity (Wildman–Crippen MR) is 229 cm³/mol. The van der Waals surface area contributed by atoms with Crippen molar-refractivity contribution >= 4 is 63.6 Å². The van der Waals surface area contributed by atoms with Gasteiger partial charge in [0, 0.05) is 75.7 Å². The molecule has 9 rings (SSSR count). The number of piperazine rings is 1. The number of hydrogen-bond donors (Lipinski definition) is 3. The molecule has 4 amide bonds. The van der Waals surface area contributed by atoms with Gasteiger partial charge in [-0.15, -0.1) is 0 Å². The molecular weight excluding hydrogens is 798 g/mol. The molecule has 4 aliphatic rings. The van der Waals surface area contributed by atoms with Crippen LogP contribution in [0.25, 0.3) is 11.2 Å². The largest absolute Gasteiger partial charge is 0.484 e. The lowest BCUT2D eigenvalue weighted by atomic mass is 9.86. The van der Waals surface area contributed by atoms with Crippen LogP contribution < -0.4 is 25.6 Å². The van der Waals surface area contributed by atoms with Crippen molar-refractivity contribution in [3.63, 3.8) is 0 Å². The van der Waals surface area contributed by atoms with Gasteiger partial charge in [0.1, 0.15) is 22.9 Å². The van der Waals surface area contributed by atoms with Crippen molar-refractivity contribution < 1.29 is 23.9 Å². The van der Waals surface area contributed by atoms with Crippen LogP contribution in [-0.4, -0.2) is 116 Å². The molecule has 4 fully saturated rings. The van der Waals surface area contributed by atoms with E-state index in [2.05, 4.69) is 74.5 Å². The molecule has 0 spiro atoms. The summed E-state index contributed by atoms with van der Waals surface area (Å²) in [5, 5.41) is 9.16. The molecule has 1 saturated carbocycles. The molecular formula is C44H48ClN11O5. The van der Waals surface area contributed by atoms with Crippen LogP contribution in [0.15, 0.2) is 79.4 Å². The minimum absolute atomic E-state index is 0.0138. The predicted octanol–water partition coefficient (Wildman–Crippen LogP) is 4.71. The maximum absolute atomic E-state index is 13.0. The number of rotatable bonds is 12. The highest BCUT2D eigenvalue weighted by molar-refractivity contribution is 6.29. The third-order valence-electron chi connectivity index (χ3n) is 12.4. The highest BCUT2D eigenvalue weighted by Crippen LogP contribution is 2.36. The highest BCUT2D eigenvalue weighted by Gasteiger charge is 2.34. The number of amides is 4. The number of ether oxygens (including phenoxy) is 1. The van der Waals surface area contributed by atoms with Crippen molar-refractivity contribution in [1.29, 1.82) is 0 Å². The number of likely N-dealkylation sites (tertiary alicyclic amines) is 1. The van der Waals surface area contributed by atoms with Gasteiger partial charge in [-0.05, 0) is 92.1 Å². The van der Waals surface area contributed by atoms with Crippen molar-refractivity contribution in [2.75, 3.05) is 62.6 Å². The molecule has 316 valence electrons. The Kier molecular flexibility index (Phi) is 11.8. The van der Waals surface area contributed by atoms with E-state index in [0.717, 1.165) is 88.4 Å². The van der Waals surface area contributed by atoms with E-state index in [1.54, 1.807) is 43.0 Å². The molecule has 1 aliphatic carbocycles. The van der Waals surface area contributed by atoms with Crippen molar-refractivity contribution in [1.82, 2.24) is 44.9 Å². The first kappa shape index (κ1) is 40.3. The number of halogens is 1. The Morgan fingerprint density at radius 2 is 1.64 bits per heavy atom. The number of benzene rings is 2. The molecule has 5 aromatic rings. The maximum atomic E-state index is 13.0. The zero-order valence-corrected chi connectivity index (χ0v) is 34.5. The summed E-state index contributed by atoms with van der Waals surface area (Å²) >= 11 is 5.95. The number of carbonyl (C=O) groups excluding carboxylic acids is 4. The molecule has 1 atom stereocenters. The van der Waals surface area contributed by atoms with E-state index in [-0.39, 0.29) is 53.4 Å². The number of nitrogens with zero attached hydrogens (tertiary/aromatic N) is 8. The number of carbonyl (C=O) groups is 4. The van der Waals surface area contributed by atoms with Gasteiger partial charge in [0.2, 0.25) is 11.8 Å². The Morgan fingerprint density at radius 3 is 2.38 bits per heavy atom. The van der Waals surface area contributed by atoms with Gasteiger partial charge in [-0.1, -0.05) is 29.8 Å². The summed E-state index contributed by atoms with van der Waals surface area (Å²) in [6, 6.07) is 20.8. The van der Waals surface area contributed by atoms with Crippen molar-refractivity contribution in [2.45, 2.75) is 56.5 Å². The third-order valence-corrected chi connectivity index (χ3v) is 12.6. The first-order valence-electron chi connectivity index (χ1n) is 21.0. The molecule has 3 N–H and O–H groups in total. The Morgan fingerprint density at radius 1 is 0.869 bits per heavy atom. The quantitative estimate of drug-likeness (QED) is 0.117. The smallest absolute Gasteiger partial charge is 0.270 e. The van der Waals surface area contributed by atoms with Crippen LogP contribution in [0.5, 0.6) is 5.75 Å². The number of piperidine rings is 2. The molecule has 3 saturated heterocycles. The second-order valence-electron chi connectivity index (χ2n) is 16.3. The van der Waals surface area contributed by atoms with Crippen LogP contribution >= 0.6 is 11.6 Å². The van der Waals surface area contributed by atoms with E-state index >= 15 is 0 Å². The zero-order chi connectivity index (χ0) is 41.9. The number of imidazole rings is 1. The van der Waals surface area contributed by atoms with Gasteiger partial charge in [0.05, 0.1) is 12.2 Å². The molecule has 2 aromatic carbocycles. The van der Waals surface area contributed by atoms with E-state index in [1.165, 1.54) is 5.69 Å². The van der Waals surface area contributed by atoms with E-state index in [4.69, 9.17) is 16.3 Å². The molecule has 3 aliphatic heterocycles. The monoisotopic (exact) mass is 845 g/mol. The van der Waals surface area contributed by atoms with Gasteiger partial charge in [-0.3, -0.25) is 29.4 Å². The Bertz CT molecular complexity index is 2390. The standard InChI is InChI=1S/C44H48ClN11O5/c45-37-3-1-2-36(51-37)44(60)50-31-22-33(23-31)56-27-48-40-41(46-26-47-42(40)56)49-30-6-8-32(9-7-30)54-20-18-53(19-21-54)24-28-14-16-55(17-15-28)39(58)25-61-34-10-4-29(5-11-34)35-12-13-38(57)52-43(35)59/h1-11,26-28,31,33,35H,12-25H2,(H,50,60)(H,46,47,49)(H,52,57,59)/t31?,33?,35-/m0/s1. The van der Waals surface area contributed by atoms with Gasteiger partial charge in [-0.2, -0.15) is 0 Å². The van der Waals surface area contributed by atoms with Crippen LogP contribution in [0.4, 0.5) is 17.2 Å². The van der Waals surface area contributed by atoms with Gasteiger partial charge >= 0.3 is 0 Å². The number of nitrogens with one attached hydrogen (secondary N) is 3. The zero-order valence-electron chi connectivity index (χ0n) is 33.7.